The van der Waals surface area contributed by atoms with Crippen LogP contribution in [0.2, 0.25) is 0 Å². The lowest BCUT2D eigenvalue weighted by atomic mass is 10.3. The second-order valence-electron chi connectivity index (χ2n) is 6.51. The molecule has 0 amide bonds. The highest BCUT2D eigenvalue weighted by molar-refractivity contribution is 5.85. The van der Waals surface area contributed by atoms with Gasteiger partial charge in [0.1, 0.15) is 11.3 Å². The minimum Gasteiger partial charge on any atom is -0.424 e. The summed E-state index contributed by atoms with van der Waals surface area (Å²) in [7, 11) is 1.71. The maximum atomic E-state index is 12.8. The molecule has 0 aliphatic carbocycles. The molecule has 0 atom stereocenters. The molecule has 0 bridgehead atoms. The quantitative estimate of drug-likeness (QED) is 0.691. The van der Waals surface area contributed by atoms with Crippen molar-refractivity contribution < 1.29 is 4.74 Å². The Morgan fingerprint density at radius 3 is 2.64 bits per heavy atom. The second-order valence-corrected chi connectivity index (χ2v) is 6.51. The third kappa shape index (κ3) is 3.32. The molecule has 1 aliphatic heterocycles. The Labute approximate surface area is 162 Å². The number of benzene rings is 1. The third-order valence-corrected chi connectivity index (χ3v) is 4.71. The summed E-state index contributed by atoms with van der Waals surface area (Å²) in [6.45, 7) is 5.35. The topological polar surface area (TPSA) is 77.2 Å². The fourth-order valence-electron chi connectivity index (χ4n) is 3.30. The van der Waals surface area contributed by atoms with E-state index in [2.05, 4.69) is 32.0 Å². The van der Waals surface area contributed by atoms with Gasteiger partial charge >= 0.3 is 11.7 Å². The van der Waals surface area contributed by atoms with Gasteiger partial charge in [-0.2, -0.15) is 9.97 Å². The number of hydrogen-bond acceptors (Lipinski definition) is 6. The number of hydrogen-bond donors (Lipinski definition) is 1. The molecule has 0 spiro atoms. The Bertz CT molecular complexity index is 1100. The van der Waals surface area contributed by atoms with E-state index in [1.807, 2.05) is 30.3 Å². The molecule has 2 aromatic heterocycles. The zero-order chi connectivity index (χ0) is 19.5. The average molecular weight is 378 g/mol. The molecule has 8 heteroatoms. The molecule has 1 fully saturated rings. The molecule has 1 aliphatic rings. The number of piperazine rings is 1. The molecule has 1 saturated heterocycles. The summed E-state index contributed by atoms with van der Waals surface area (Å²) >= 11 is 0. The molecule has 0 unspecified atom stereocenters. The summed E-state index contributed by atoms with van der Waals surface area (Å²) in [4.78, 5) is 24.2. The summed E-state index contributed by atoms with van der Waals surface area (Å²) < 4.78 is 9.05. The lowest BCUT2D eigenvalue weighted by molar-refractivity contribution is 0.442. The maximum Gasteiger partial charge on any atom is 0.331 e. The van der Waals surface area contributed by atoms with E-state index in [-0.39, 0.29) is 11.7 Å². The summed E-state index contributed by atoms with van der Waals surface area (Å²) in [6, 6.07) is 9.61. The number of anilines is 1. The Morgan fingerprint density at radius 2 is 1.93 bits per heavy atom. The first-order valence-electron chi connectivity index (χ1n) is 9.24. The van der Waals surface area contributed by atoms with Crippen LogP contribution in [0.25, 0.3) is 11.2 Å². The lowest BCUT2D eigenvalue weighted by Crippen LogP contribution is -2.44. The highest BCUT2D eigenvalue weighted by Crippen LogP contribution is 2.28. The minimum atomic E-state index is -0.166. The van der Waals surface area contributed by atoms with E-state index in [0.717, 1.165) is 26.2 Å². The number of nitrogens with one attached hydrogen (secondary N) is 1. The summed E-state index contributed by atoms with van der Waals surface area (Å²) in [5.74, 6) is 7.18. The van der Waals surface area contributed by atoms with Crippen LogP contribution in [-0.2, 0) is 13.6 Å². The Kier molecular flexibility index (Phi) is 5.00. The Balaban J connectivity index is 1.90. The number of para-hydroxylation sites is 1. The van der Waals surface area contributed by atoms with Crippen molar-refractivity contribution in [3.8, 4) is 23.6 Å². The fraction of sp³-hybridized carbons (Fsp3) is 0.350. The third-order valence-electron chi connectivity index (χ3n) is 4.71. The maximum absolute atomic E-state index is 12.8. The van der Waals surface area contributed by atoms with Crippen LogP contribution in [0.15, 0.2) is 35.1 Å². The number of rotatable bonds is 4. The standard InChI is InChI=1S/C20H22N6O2/c1-3-4-12-26-16-17(24(2)20(26)27)22-19(28-15-8-6-5-7-9-15)23-18(16)25-13-10-21-11-14-25/h5-9,21H,10-14H2,1-2H3. The van der Waals surface area contributed by atoms with Crippen LogP contribution in [0.4, 0.5) is 5.82 Å². The van der Waals surface area contributed by atoms with Gasteiger partial charge in [0, 0.05) is 33.2 Å². The van der Waals surface area contributed by atoms with E-state index in [1.54, 1.807) is 18.5 Å². The first-order valence-corrected chi connectivity index (χ1v) is 9.24. The van der Waals surface area contributed by atoms with Gasteiger partial charge in [-0.15, -0.1) is 5.92 Å². The number of nitrogens with zero attached hydrogens (tertiary/aromatic N) is 5. The first-order chi connectivity index (χ1) is 13.7. The summed E-state index contributed by atoms with van der Waals surface area (Å²) in [5, 5.41) is 3.34. The van der Waals surface area contributed by atoms with Crippen LogP contribution in [0, 0.1) is 11.8 Å². The lowest BCUT2D eigenvalue weighted by Gasteiger charge is -2.29. The first kappa shape index (κ1) is 18.1. The number of fused-ring (bicyclic) bond motifs is 1. The summed E-state index contributed by atoms with van der Waals surface area (Å²) in [6.07, 6.45) is 0. The van der Waals surface area contributed by atoms with E-state index < -0.39 is 0 Å². The Hall–Kier alpha value is -3.31. The minimum absolute atomic E-state index is 0.166. The van der Waals surface area contributed by atoms with Crippen molar-refractivity contribution in [2.75, 3.05) is 31.1 Å². The van der Waals surface area contributed by atoms with E-state index in [4.69, 9.17) is 4.74 Å². The van der Waals surface area contributed by atoms with E-state index in [9.17, 15) is 4.79 Å². The molecule has 0 radical (unpaired) electrons. The highest BCUT2D eigenvalue weighted by atomic mass is 16.5. The van der Waals surface area contributed by atoms with Crippen LogP contribution in [0.5, 0.6) is 11.8 Å². The number of aryl methyl sites for hydroxylation is 1. The molecule has 3 aromatic rings. The zero-order valence-electron chi connectivity index (χ0n) is 16.0. The molecular weight excluding hydrogens is 356 g/mol. The number of ether oxygens (including phenoxy) is 1. The monoisotopic (exact) mass is 378 g/mol. The molecule has 8 nitrogen and oxygen atoms in total. The van der Waals surface area contributed by atoms with Gasteiger partial charge in [-0.25, -0.2) is 4.79 Å². The zero-order valence-corrected chi connectivity index (χ0v) is 16.0. The van der Waals surface area contributed by atoms with E-state index in [0.29, 0.717) is 29.3 Å². The van der Waals surface area contributed by atoms with Crippen molar-refractivity contribution in [2.45, 2.75) is 13.5 Å². The van der Waals surface area contributed by atoms with Crippen LogP contribution >= 0.6 is 0 Å². The van der Waals surface area contributed by atoms with Crippen molar-refractivity contribution in [3.05, 3.63) is 40.8 Å². The van der Waals surface area contributed by atoms with E-state index >= 15 is 0 Å². The summed E-state index contributed by atoms with van der Waals surface area (Å²) in [5.41, 5.74) is 1.07. The smallest absolute Gasteiger partial charge is 0.331 e. The molecule has 3 heterocycles. The van der Waals surface area contributed by atoms with E-state index in [1.165, 1.54) is 4.57 Å². The van der Waals surface area contributed by atoms with Crippen molar-refractivity contribution in [1.82, 2.24) is 24.4 Å². The molecular formula is C20H22N6O2. The van der Waals surface area contributed by atoms with Gasteiger partial charge in [-0.1, -0.05) is 24.1 Å². The van der Waals surface area contributed by atoms with Gasteiger partial charge in [0.25, 0.3) is 0 Å². The van der Waals surface area contributed by atoms with Gasteiger partial charge in [0.05, 0.1) is 6.54 Å². The van der Waals surface area contributed by atoms with Gasteiger partial charge in [0.15, 0.2) is 11.5 Å². The molecule has 4 rings (SSSR count). The number of aromatic nitrogens is 4. The predicted molar refractivity (Wildman–Crippen MR) is 108 cm³/mol. The van der Waals surface area contributed by atoms with Crippen molar-refractivity contribution in [3.63, 3.8) is 0 Å². The molecule has 28 heavy (non-hydrogen) atoms. The fourth-order valence-corrected chi connectivity index (χ4v) is 3.30. The van der Waals surface area contributed by atoms with Crippen LogP contribution in [0.3, 0.4) is 0 Å². The molecule has 1 aromatic carbocycles. The normalized spacial score (nSPS) is 14.0. The highest BCUT2D eigenvalue weighted by Gasteiger charge is 2.24. The average Bonchev–Trinajstić information content (AvgIpc) is 2.97. The van der Waals surface area contributed by atoms with Crippen LogP contribution < -0.4 is 20.6 Å². The van der Waals surface area contributed by atoms with Crippen LogP contribution in [-0.4, -0.2) is 45.3 Å². The van der Waals surface area contributed by atoms with Gasteiger partial charge < -0.3 is 15.0 Å². The SMILES string of the molecule is CC#CCn1c(=O)n(C)c2nc(Oc3ccccc3)nc(N3CCNCC3)c21. The molecule has 1 N–H and O–H groups in total. The molecule has 0 saturated carbocycles. The van der Waals surface area contributed by atoms with Gasteiger partial charge in [0.2, 0.25) is 0 Å². The Morgan fingerprint density at radius 1 is 1.18 bits per heavy atom. The van der Waals surface area contributed by atoms with Crippen molar-refractivity contribution in [1.29, 1.82) is 0 Å². The largest absolute Gasteiger partial charge is 0.424 e. The second kappa shape index (κ2) is 7.74. The van der Waals surface area contributed by atoms with Gasteiger partial charge in [-0.3, -0.25) is 9.13 Å². The molecule has 144 valence electrons. The van der Waals surface area contributed by atoms with Gasteiger partial charge in [-0.05, 0) is 19.1 Å². The number of imidazole rings is 1. The van der Waals surface area contributed by atoms with Crippen molar-refractivity contribution in [2.24, 2.45) is 7.05 Å². The predicted octanol–water partition coefficient (Wildman–Crippen LogP) is 1.36. The van der Waals surface area contributed by atoms with Crippen molar-refractivity contribution >= 4 is 17.0 Å². The van der Waals surface area contributed by atoms with Crippen LogP contribution in [0.1, 0.15) is 6.92 Å².